The van der Waals surface area contributed by atoms with Gasteiger partial charge >= 0.3 is 0 Å². The molecule has 0 saturated heterocycles. The highest BCUT2D eigenvalue weighted by molar-refractivity contribution is 5.74. The first-order valence-corrected chi connectivity index (χ1v) is 9.85. The summed E-state index contributed by atoms with van der Waals surface area (Å²) in [6.07, 6.45) is 7.99. The average molecular weight is 384 g/mol. The van der Waals surface area contributed by atoms with Gasteiger partial charge in [0.05, 0.1) is 6.61 Å². The van der Waals surface area contributed by atoms with Crippen LogP contribution in [0.1, 0.15) is 42.5 Å². The number of ether oxygens (including phenoxy) is 1. The summed E-state index contributed by atoms with van der Waals surface area (Å²) in [5.74, 6) is 0.507. The third-order valence-corrected chi connectivity index (χ3v) is 4.46. The maximum Gasteiger partial charge on any atom is 0.284 e. The number of rotatable bonds is 9. The van der Waals surface area contributed by atoms with Gasteiger partial charge < -0.3 is 15.4 Å². The summed E-state index contributed by atoms with van der Waals surface area (Å²) in [4.78, 5) is 27.9. The van der Waals surface area contributed by atoms with Crippen LogP contribution in [0.2, 0.25) is 0 Å². The predicted molar refractivity (Wildman–Crippen MR) is 110 cm³/mol. The Morgan fingerprint density at radius 2 is 2.11 bits per heavy atom. The molecule has 0 amide bonds. The Bertz CT molecular complexity index is 831. The van der Waals surface area contributed by atoms with Crippen LogP contribution in [-0.4, -0.2) is 47.2 Å². The van der Waals surface area contributed by atoms with Gasteiger partial charge in [0, 0.05) is 49.7 Å². The summed E-state index contributed by atoms with van der Waals surface area (Å²) in [6, 6.07) is 4.60. The fourth-order valence-corrected chi connectivity index (χ4v) is 2.85. The number of aromatic amines is 1. The second kappa shape index (κ2) is 10.4. The number of pyridine rings is 1. The average Bonchev–Trinajstić information content (AvgIpc) is 2.71. The number of unbranched alkanes of at least 4 members (excludes halogenated alkanes) is 2. The molecule has 3 rings (SSSR count). The van der Waals surface area contributed by atoms with E-state index in [9.17, 15) is 4.79 Å². The maximum atomic E-state index is 12.2. The second-order valence-corrected chi connectivity index (χ2v) is 6.87. The van der Waals surface area contributed by atoms with Crippen molar-refractivity contribution < 1.29 is 4.74 Å². The molecule has 28 heavy (non-hydrogen) atoms. The Hall–Kier alpha value is -2.90. The molecule has 3 heterocycles. The second-order valence-electron chi connectivity index (χ2n) is 6.87. The van der Waals surface area contributed by atoms with Gasteiger partial charge in [-0.1, -0.05) is 6.07 Å². The number of hydrogen-bond acceptors (Lipinski definition) is 7. The summed E-state index contributed by atoms with van der Waals surface area (Å²) in [5, 5.41) is 6.31. The first-order chi connectivity index (χ1) is 13.7. The SMILES string of the molecule is Cc1ccc(Cc2cnc(NCCCCCOC3=NCCCN3)[nH]c2=O)cn1. The lowest BCUT2D eigenvalue weighted by Crippen LogP contribution is -2.31. The molecule has 0 unspecified atom stereocenters. The van der Waals surface area contributed by atoms with Crippen LogP contribution in [0.25, 0.3) is 0 Å². The number of aliphatic imine (C=N–C) groups is 1. The number of aromatic nitrogens is 3. The number of aryl methyl sites for hydroxylation is 1. The molecule has 0 spiro atoms. The lowest BCUT2D eigenvalue weighted by molar-refractivity contribution is 0.274. The van der Waals surface area contributed by atoms with Crippen LogP contribution in [-0.2, 0) is 11.2 Å². The van der Waals surface area contributed by atoms with E-state index in [1.54, 1.807) is 12.4 Å². The summed E-state index contributed by atoms with van der Waals surface area (Å²) in [5.41, 5.74) is 2.47. The quantitative estimate of drug-likeness (QED) is 0.571. The van der Waals surface area contributed by atoms with Crippen molar-refractivity contribution in [2.75, 3.05) is 31.6 Å². The minimum absolute atomic E-state index is 0.118. The van der Waals surface area contributed by atoms with Gasteiger partial charge in [0.15, 0.2) is 0 Å². The molecule has 0 radical (unpaired) electrons. The highest BCUT2D eigenvalue weighted by Gasteiger charge is 2.05. The van der Waals surface area contributed by atoms with Gasteiger partial charge in [0.25, 0.3) is 11.6 Å². The Morgan fingerprint density at radius 1 is 1.18 bits per heavy atom. The van der Waals surface area contributed by atoms with Crippen molar-refractivity contribution in [1.82, 2.24) is 20.3 Å². The third kappa shape index (κ3) is 6.37. The summed E-state index contributed by atoms with van der Waals surface area (Å²) < 4.78 is 5.59. The highest BCUT2D eigenvalue weighted by Crippen LogP contribution is 2.06. The zero-order valence-electron chi connectivity index (χ0n) is 16.3. The van der Waals surface area contributed by atoms with Crippen molar-refractivity contribution in [2.45, 2.75) is 39.0 Å². The third-order valence-electron chi connectivity index (χ3n) is 4.46. The van der Waals surface area contributed by atoms with Crippen LogP contribution in [0.15, 0.2) is 34.3 Å². The van der Waals surface area contributed by atoms with Gasteiger partial charge in [-0.25, -0.2) is 9.98 Å². The molecule has 2 aromatic heterocycles. The molecule has 1 aliphatic heterocycles. The molecule has 0 bridgehead atoms. The van der Waals surface area contributed by atoms with Crippen molar-refractivity contribution in [3.8, 4) is 0 Å². The Morgan fingerprint density at radius 3 is 2.86 bits per heavy atom. The molecule has 8 nitrogen and oxygen atoms in total. The molecule has 1 aliphatic rings. The van der Waals surface area contributed by atoms with Crippen LogP contribution in [0.5, 0.6) is 0 Å². The minimum Gasteiger partial charge on any atom is -0.465 e. The first-order valence-electron chi connectivity index (χ1n) is 9.85. The van der Waals surface area contributed by atoms with Crippen molar-refractivity contribution >= 4 is 12.0 Å². The molecule has 150 valence electrons. The first kappa shape index (κ1) is 19.9. The van der Waals surface area contributed by atoms with E-state index in [1.807, 2.05) is 19.1 Å². The monoisotopic (exact) mass is 384 g/mol. The summed E-state index contributed by atoms with van der Waals surface area (Å²) in [7, 11) is 0. The van der Waals surface area contributed by atoms with Gasteiger partial charge in [0.2, 0.25) is 5.95 Å². The fourth-order valence-electron chi connectivity index (χ4n) is 2.85. The lowest BCUT2D eigenvalue weighted by atomic mass is 10.1. The van der Waals surface area contributed by atoms with Crippen molar-refractivity contribution in [3.63, 3.8) is 0 Å². The van der Waals surface area contributed by atoms with Crippen LogP contribution in [0.3, 0.4) is 0 Å². The summed E-state index contributed by atoms with van der Waals surface area (Å²) in [6.45, 7) is 5.15. The number of nitrogens with one attached hydrogen (secondary N) is 3. The van der Waals surface area contributed by atoms with Gasteiger partial charge in [-0.2, -0.15) is 0 Å². The van der Waals surface area contributed by atoms with E-state index < -0.39 is 0 Å². The van der Waals surface area contributed by atoms with Gasteiger partial charge in [0.1, 0.15) is 0 Å². The number of hydrogen-bond donors (Lipinski definition) is 3. The summed E-state index contributed by atoms with van der Waals surface area (Å²) >= 11 is 0. The Labute approximate surface area is 164 Å². The molecule has 3 N–H and O–H groups in total. The van der Waals surface area contributed by atoms with E-state index >= 15 is 0 Å². The molecule has 0 saturated carbocycles. The Balaban J connectivity index is 1.34. The minimum atomic E-state index is -0.118. The van der Waals surface area contributed by atoms with Crippen LogP contribution in [0.4, 0.5) is 5.95 Å². The van der Waals surface area contributed by atoms with Crippen LogP contribution >= 0.6 is 0 Å². The molecular weight excluding hydrogens is 356 g/mol. The van der Waals surface area contributed by atoms with Gasteiger partial charge in [-0.05, 0) is 44.2 Å². The maximum absolute atomic E-state index is 12.2. The molecular formula is C20H28N6O2. The number of anilines is 1. The Kier molecular flexibility index (Phi) is 7.40. The predicted octanol–water partition coefficient (Wildman–Crippen LogP) is 2.01. The van der Waals surface area contributed by atoms with E-state index in [0.717, 1.165) is 56.6 Å². The molecule has 8 heteroatoms. The molecule has 0 fully saturated rings. The van der Waals surface area contributed by atoms with E-state index in [4.69, 9.17) is 4.74 Å². The lowest BCUT2D eigenvalue weighted by Gasteiger charge is -2.14. The normalized spacial score (nSPS) is 13.5. The zero-order chi connectivity index (χ0) is 19.6. The van der Waals surface area contributed by atoms with E-state index in [2.05, 4.69) is 30.6 Å². The van der Waals surface area contributed by atoms with Crippen LogP contribution in [0, 0.1) is 6.92 Å². The molecule has 0 aliphatic carbocycles. The standard InChI is InChI=1S/C20H28N6O2/c1-15-6-7-16(13-24-15)12-17-14-25-19(26-18(17)27)21-8-3-2-4-11-28-20-22-9-5-10-23-20/h6-7,13-14H,2-5,8-12H2,1H3,(H,22,23)(H2,21,25,26,27). The number of H-pyrrole nitrogens is 1. The molecule has 2 aromatic rings. The molecule has 0 aromatic carbocycles. The van der Waals surface area contributed by atoms with Crippen molar-refractivity contribution in [2.24, 2.45) is 4.99 Å². The van der Waals surface area contributed by atoms with Gasteiger partial charge in [-0.3, -0.25) is 14.8 Å². The number of nitrogens with zero attached hydrogens (tertiary/aromatic N) is 3. The van der Waals surface area contributed by atoms with Crippen molar-refractivity contribution in [3.05, 3.63) is 51.7 Å². The highest BCUT2D eigenvalue weighted by atomic mass is 16.5. The molecule has 0 atom stereocenters. The van der Waals surface area contributed by atoms with E-state index in [0.29, 0.717) is 30.6 Å². The smallest absolute Gasteiger partial charge is 0.284 e. The van der Waals surface area contributed by atoms with E-state index in [1.165, 1.54) is 0 Å². The van der Waals surface area contributed by atoms with Crippen LogP contribution < -0.4 is 16.2 Å². The fraction of sp³-hybridized carbons (Fsp3) is 0.500. The zero-order valence-corrected chi connectivity index (χ0v) is 16.3. The van der Waals surface area contributed by atoms with Crippen molar-refractivity contribution in [1.29, 1.82) is 0 Å². The largest absolute Gasteiger partial charge is 0.465 e. The van der Waals surface area contributed by atoms with E-state index in [-0.39, 0.29) is 5.56 Å². The number of amidine groups is 1. The topological polar surface area (TPSA) is 104 Å². The van der Waals surface area contributed by atoms with Gasteiger partial charge in [-0.15, -0.1) is 0 Å².